The Morgan fingerprint density at radius 1 is 1.19 bits per heavy atom. The van der Waals surface area contributed by atoms with Crippen molar-refractivity contribution in [2.24, 2.45) is 5.73 Å². The van der Waals surface area contributed by atoms with E-state index in [0.29, 0.717) is 0 Å². The van der Waals surface area contributed by atoms with E-state index in [9.17, 15) is 14.4 Å². The van der Waals surface area contributed by atoms with Gasteiger partial charge in [0.2, 0.25) is 5.91 Å². The van der Waals surface area contributed by atoms with Crippen LogP contribution in [0.1, 0.15) is 34.1 Å². The second-order valence-electron chi connectivity index (χ2n) is 5.34. The summed E-state index contributed by atoms with van der Waals surface area (Å²) in [6.45, 7) is 7.27. The zero-order chi connectivity index (χ0) is 16.5. The van der Waals surface area contributed by atoms with Crippen molar-refractivity contribution in [2.75, 3.05) is 19.7 Å². The summed E-state index contributed by atoms with van der Waals surface area (Å²) in [6, 6.07) is -0.896. The minimum Gasteiger partial charge on any atom is -0.465 e. The lowest BCUT2D eigenvalue weighted by atomic mass is 10.2. The molecule has 0 aliphatic carbocycles. The topological polar surface area (TPSA) is 120 Å². The summed E-state index contributed by atoms with van der Waals surface area (Å²) in [5.41, 5.74) is 4.93. The fourth-order valence-corrected chi connectivity index (χ4v) is 1.24. The fourth-order valence-electron chi connectivity index (χ4n) is 1.24. The molecule has 0 radical (unpaired) electrons. The van der Waals surface area contributed by atoms with Gasteiger partial charge in [-0.1, -0.05) is 0 Å². The minimum absolute atomic E-state index is 0.00982. The fraction of sp³-hybridized carbons (Fsp3) is 0.769. The molecule has 0 aliphatic heterocycles. The van der Waals surface area contributed by atoms with Crippen molar-refractivity contribution in [2.45, 2.75) is 45.8 Å². The van der Waals surface area contributed by atoms with Gasteiger partial charge in [0.1, 0.15) is 11.6 Å². The van der Waals surface area contributed by atoms with E-state index in [0.717, 1.165) is 0 Å². The Kier molecular flexibility index (Phi) is 8.37. The predicted octanol–water partition coefficient (Wildman–Crippen LogP) is -0.0922. The number of carbonyl (C=O) groups is 3. The summed E-state index contributed by atoms with van der Waals surface area (Å²) in [5.74, 6) is -0.893. The van der Waals surface area contributed by atoms with Crippen LogP contribution >= 0.6 is 0 Å². The van der Waals surface area contributed by atoms with Crippen molar-refractivity contribution < 1.29 is 23.9 Å². The van der Waals surface area contributed by atoms with Gasteiger partial charge >= 0.3 is 12.1 Å². The first-order valence-corrected chi connectivity index (χ1v) is 6.81. The number of rotatable bonds is 7. The number of nitrogens with two attached hydrogens (primary N) is 1. The molecule has 122 valence electrons. The van der Waals surface area contributed by atoms with Gasteiger partial charge in [-0.25, -0.2) is 4.79 Å². The summed E-state index contributed by atoms with van der Waals surface area (Å²) in [5, 5.41) is 4.94. The van der Waals surface area contributed by atoms with E-state index in [1.807, 2.05) is 0 Å². The van der Waals surface area contributed by atoms with Crippen molar-refractivity contribution in [1.29, 1.82) is 0 Å². The SMILES string of the molecule is CCOC(=O)C(N)CNC(=O)CCNC(=O)OC(C)(C)C. The van der Waals surface area contributed by atoms with Crippen LogP contribution in [0.3, 0.4) is 0 Å². The predicted molar refractivity (Wildman–Crippen MR) is 76.5 cm³/mol. The molecule has 8 nitrogen and oxygen atoms in total. The smallest absolute Gasteiger partial charge is 0.407 e. The molecule has 0 fully saturated rings. The average molecular weight is 303 g/mol. The molecule has 0 aromatic carbocycles. The molecule has 0 aromatic heterocycles. The highest BCUT2D eigenvalue weighted by Gasteiger charge is 2.17. The van der Waals surface area contributed by atoms with E-state index in [1.54, 1.807) is 27.7 Å². The lowest BCUT2D eigenvalue weighted by Crippen LogP contribution is -2.44. The molecular weight excluding hydrogens is 278 g/mol. The van der Waals surface area contributed by atoms with Gasteiger partial charge in [0.15, 0.2) is 0 Å². The van der Waals surface area contributed by atoms with Gasteiger partial charge in [-0.3, -0.25) is 9.59 Å². The molecule has 0 spiro atoms. The van der Waals surface area contributed by atoms with Crippen LogP contribution in [0.15, 0.2) is 0 Å². The number of hydrogen-bond donors (Lipinski definition) is 3. The Hall–Kier alpha value is -1.83. The molecular formula is C13H25N3O5. The van der Waals surface area contributed by atoms with Crippen molar-refractivity contribution in [3.05, 3.63) is 0 Å². The maximum atomic E-state index is 11.5. The molecule has 0 heterocycles. The van der Waals surface area contributed by atoms with Crippen molar-refractivity contribution in [3.63, 3.8) is 0 Å². The molecule has 0 aromatic rings. The molecule has 2 amide bonds. The number of ether oxygens (including phenoxy) is 2. The van der Waals surface area contributed by atoms with Gasteiger partial charge in [-0.05, 0) is 27.7 Å². The zero-order valence-corrected chi connectivity index (χ0v) is 13.0. The number of esters is 1. The monoisotopic (exact) mass is 303 g/mol. The molecule has 21 heavy (non-hydrogen) atoms. The van der Waals surface area contributed by atoms with E-state index in [2.05, 4.69) is 10.6 Å². The normalized spacial score (nSPS) is 12.2. The Morgan fingerprint density at radius 2 is 1.81 bits per heavy atom. The number of carbonyl (C=O) groups excluding carboxylic acids is 3. The Labute approximate surface area is 124 Å². The van der Waals surface area contributed by atoms with Crippen LogP contribution in [-0.4, -0.2) is 49.3 Å². The molecule has 8 heteroatoms. The van der Waals surface area contributed by atoms with E-state index in [-0.39, 0.29) is 32.0 Å². The maximum Gasteiger partial charge on any atom is 0.407 e. The van der Waals surface area contributed by atoms with Gasteiger partial charge in [-0.2, -0.15) is 0 Å². The Balaban J connectivity index is 3.81. The number of hydrogen-bond acceptors (Lipinski definition) is 6. The highest BCUT2D eigenvalue weighted by atomic mass is 16.6. The first-order valence-electron chi connectivity index (χ1n) is 6.81. The third kappa shape index (κ3) is 10.6. The zero-order valence-electron chi connectivity index (χ0n) is 13.0. The van der Waals surface area contributed by atoms with Crippen LogP contribution in [-0.2, 0) is 19.1 Å². The van der Waals surface area contributed by atoms with E-state index < -0.39 is 23.7 Å². The quantitative estimate of drug-likeness (QED) is 0.565. The van der Waals surface area contributed by atoms with Crippen molar-refractivity contribution >= 4 is 18.0 Å². The molecule has 1 unspecified atom stereocenters. The first kappa shape index (κ1) is 19.2. The molecule has 4 N–H and O–H groups in total. The Bertz CT molecular complexity index is 365. The molecule has 0 saturated heterocycles. The first-order chi connectivity index (χ1) is 9.65. The Morgan fingerprint density at radius 3 is 2.33 bits per heavy atom. The van der Waals surface area contributed by atoms with E-state index in [4.69, 9.17) is 15.2 Å². The largest absolute Gasteiger partial charge is 0.465 e. The van der Waals surface area contributed by atoms with E-state index in [1.165, 1.54) is 0 Å². The highest BCUT2D eigenvalue weighted by molar-refractivity contribution is 5.79. The van der Waals surface area contributed by atoms with Gasteiger partial charge < -0.3 is 25.8 Å². The standard InChI is InChI=1S/C13H25N3O5/c1-5-20-11(18)9(14)8-16-10(17)6-7-15-12(19)21-13(2,3)4/h9H,5-8,14H2,1-4H3,(H,15,19)(H,16,17). The third-order valence-electron chi connectivity index (χ3n) is 2.13. The highest BCUT2D eigenvalue weighted by Crippen LogP contribution is 2.06. The van der Waals surface area contributed by atoms with Gasteiger partial charge in [0.05, 0.1) is 6.61 Å². The second-order valence-corrected chi connectivity index (χ2v) is 5.34. The number of amides is 2. The second kappa shape index (κ2) is 9.17. The van der Waals surface area contributed by atoms with Crippen molar-refractivity contribution in [3.8, 4) is 0 Å². The van der Waals surface area contributed by atoms with Gasteiger partial charge in [0, 0.05) is 19.5 Å². The lowest BCUT2D eigenvalue weighted by molar-refractivity contribution is -0.144. The number of nitrogens with one attached hydrogen (secondary N) is 2. The van der Waals surface area contributed by atoms with Crippen LogP contribution in [0.25, 0.3) is 0 Å². The summed E-state index contributed by atoms with van der Waals surface area (Å²) < 4.78 is 9.72. The summed E-state index contributed by atoms with van der Waals surface area (Å²) >= 11 is 0. The average Bonchev–Trinajstić information content (AvgIpc) is 2.33. The van der Waals surface area contributed by atoms with Crippen molar-refractivity contribution in [1.82, 2.24) is 10.6 Å². The van der Waals surface area contributed by atoms with Gasteiger partial charge in [0.25, 0.3) is 0 Å². The lowest BCUT2D eigenvalue weighted by Gasteiger charge is -2.19. The van der Waals surface area contributed by atoms with Crippen LogP contribution < -0.4 is 16.4 Å². The third-order valence-corrected chi connectivity index (χ3v) is 2.13. The van der Waals surface area contributed by atoms with Gasteiger partial charge in [-0.15, -0.1) is 0 Å². The number of alkyl carbamates (subject to hydrolysis) is 1. The minimum atomic E-state index is -0.896. The van der Waals surface area contributed by atoms with Crippen LogP contribution in [0, 0.1) is 0 Å². The summed E-state index contributed by atoms with van der Waals surface area (Å²) in [7, 11) is 0. The summed E-state index contributed by atoms with van der Waals surface area (Å²) in [4.78, 5) is 34.0. The van der Waals surface area contributed by atoms with Crippen LogP contribution in [0.4, 0.5) is 4.79 Å². The van der Waals surface area contributed by atoms with Crippen LogP contribution in [0.2, 0.25) is 0 Å². The molecule has 0 bridgehead atoms. The van der Waals surface area contributed by atoms with Crippen LogP contribution in [0.5, 0.6) is 0 Å². The summed E-state index contributed by atoms with van der Waals surface area (Å²) in [6.07, 6.45) is -0.520. The molecule has 0 aliphatic rings. The molecule has 0 saturated carbocycles. The molecule has 1 atom stereocenters. The molecule has 0 rings (SSSR count). The maximum absolute atomic E-state index is 11.5. The van der Waals surface area contributed by atoms with E-state index >= 15 is 0 Å².